The first kappa shape index (κ1) is 28.6. The van der Waals surface area contributed by atoms with Crippen LogP contribution in [0.1, 0.15) is 25.7 Å². The van der Waals surface area contributed by atoms with Gasteiger partial charge < -0.3 is 42.7 Å². The molecule has 0 radical (unpaired) electrons. The first-order chi connectivity index (χ1) is 14.8. The van der Waals surface area contributed by atoms with Gasteiger partial charge in [0.05, 0.1) is 18.9 Å². The number of aliphatic carboxylic acids is 3. The molecule has 0 bridgehead atoms. The molecular formula is C16H25N5O10S. The second kappa shape index (κ2) is 13.8. The van der Waals surface area contributed by atoms with E-state index < -0.39 is 78.5 Å². The van der Waals surface area contributed by atoms with Gasteiger partial charge in [-0.25, -0.2) is 4.79 Å². The average molecular weight is 479 g/mol. The van der Waals surface area contributed by atoms with Gasteiger partial charge in [-0.05, 0) is 6.42 Å². The van der Waals surface area contributed by atoms with E-state index in [1.54, 1.807) is 0 Å². The topological polar surface area (TPSA) is 268 Å². The third-order valence-corrected chi connectivity index (χ3v) is 4.22. The van der Waals surface area contributed by atoms with Crippen molar-refractivity contribution in [3.8, 4) is 0 Å². The van der Waals surface area contributed by atoms with Gasteiger partial charge >= 0.3 is 17.9 Å². The van der Waals surface area contributed by atoms with Crippen molar-refractivity contribution in [1.29, 1.82) is 0 Å². The second-order valence-corrected chi connectivity index (χ2v) is 6.88. The molecule has 4 amide bonds. The summed E-state index contributed by atoms with van der Waals surface area (Å²) in [4.78, 5) is 80.5. The van der Waals surface area contributed by atoms with Gasteiger partial charge in [-0.1, -0.05) is 0 Å². The maximum absolute atomic E-state index is 12.4. The first-order valence-corrected chi connectivity index (χ1v) is 9.63. The van der Waals surface area contributed by atoms with Crippen molar-refractivity contribution in [3.05, 3.63) is 0 Å². The smallest absolute Gasteiger partial charge is 0.326 e. The Labute approximate surface area is 186 Å². The zero-order valence-corrected chi connectivity index (χ0v) is 17.5. The predicted molar refractivity (Wildman–Crippen MR) is 108 cm³/mol. The molecule has 0 rings (SSSR count). The van der Waals surface area contributed by atoms with Crippen LogP contribution in [0, 0.1) is 0 Å². The van der Waals surface area contributed by atoms with Gasteiger partial charge in [0.25, 0.3) is 0 Å². The number of hydrogen-bond acceptors (Lipinski definition) is 9. The van der Waals surface area contributed by atoms with Gasteiger partial charge in [-0.3, -0.25) is 28.8 Å². The number of carbonyl (C=O) groups excluding carboxylic acids is 4. The quantitative estimate of drug-likeness (QED) is 0.102. The molecule has 180 valence electrons. The summed E-state index contributed by atoms with van der Waals surface area (Å²) in [5.41, 5.74) is 10.3. The van der Waals surface area contributed by atoms with E-state index in [4.69, 9.17) is 26.8 Å². The Morgan fingerprint density at radius 2 is 1.22 bits per heavy atom. The van der Waals surface area contributed by atoms with E-state index >= 15 is 0 Å². The maximum atomic E-state index is 12.4. The summed E-state index contributed by atoms with van der Waals surface area (Å²) >= 11 is 3.87. The zero-order valence-electron chi connectivity index (χ0n) is 16.6. The highest BCUT2D eigenvalue weighted by Gasteiger charge is 2.31. The molecule has 10 N–H and O–H groups in total. The number of primary amides is 1. The molecule has 0 aliphatic heterocycles. The van der Waals surface area contributed by atoms with E-state index in [1.807, 2.05) is 5.32 Å². The molecule has 0 fully saturated rings. The van der Waals surface area contributed by atoms with E-state index in [-0.39, 0.29) is 18.6 Å². The number of nitrogens with two attached hydrogens (primary N) is 2. The molecule has 0 aromatic rings. The molecule has 0 heterocycles. The molecule has 0 aromatic carbocycles. The number of thiol groups is 1. The van der Waals surface area contributed by atoms with Gasteiger partial charge in [0.15, 0.2) is 0 Å². The second-order valence-electron chi connectivity index (χ2n) is 6.51. The van der Waals surface area contributed by atoms with Crippen molar-refractivity contribution in [2.75, 3.05) is 5.75 Å². The molecule has 4 unspecified atom stereocenters. The molecule has 16 heteroatoms. The van der Waals surface area contributed by atoms with E-state index in [2.05, 4.69) is 23.3 Å². The molecule has 0 saturated heterocycles. The van der Waals surface area contributed by atoms with Crippen LogP contribution < -0.4 is 27.4 Å². The van der Waals surface area contributed by atoms with E-state index in [0.29, 0.717) is 0 Å². The summed E-state index contributed by atoms with van der Waals surface area (Å²) in [6, 6.07) is -6.23. The Morgan fingerprint density at radius 1 is 0.750 bits per heavy atom. The molecule has 0 aromatic heterocycles. The standard InChI is InChI=1S/C16H25N5O10S/c17-6(3-11(23)24)13(27)21-9(5-32)15(29)20-8(4-12(25)26)14(28)19-7(16(30)31)1-2-10(18)22/h6-9,32H,1-5,17H2,(H2,18,22)(H,19,28)(H,20,29)(H,21,27)(H,23,24)(H,25,26)(H,30,31). The summed E-state index contributed by atoms with van der Waals surface area (Å²) in [6.45, 7) is 0. The highest BCUT2D eigenvalue weighted by molar-refractivity contribution is 7.80. The van der Waals surface area contributed by atoms with Gasteiger partial charge in [-0.2, -0.15) is 12.6 Å². The Kier molecular flexibility index (Phi) is 12.3. The number of carbonyl (C=O) groups is 7. The number of carboxylic acid groups (broad SMARTS) is 3. The van der Waals surface area contributed by atoms with Crippen LogP contribution in [0.15, 0.2) is 0 Å². The summed E-state index contributed by atoms with van der Waals surface area (Å²) in [5.74, 6) is -8.77. The summed E-state index contributed by atoms with van der Waals surface area (Å²) in [7, 11) is 0. The Hall–Kier alpha value is -3.40. The highest BCUT2D eigenvalue weighted by Crippen LogP contribution is 2.02. The molecule has 15 nitrogen and oxygen atoms in total. The molecule has 0 saturated carbocycles. The maximum Gasteiger partial charge on any atom is 0.326 e. The van der Waals surface area contributed by atoms with E-state index in [0.717, 1.165) is 0 Å². The zero-order chi connectivity index (χ0) is 25.0. The van der Waals surface area contributed by atoms with Gasteiger partial charge in [0.1, 0.15) is 18.1 Å². The van der Waals surface area contributed by atoms with Crippen LogP contribution in [-0.4, -0.2) is 86.8 Å². The lowest BCUT2D eigenvalue weighted by molar-refractivity contribution is -0.143. The number of amides is 4. The van der Waals surface area contributed by atoms with E-state index in [9.17, 15) is 33.6 Å². The Balaban J connectivity index is 5.30. The van der Waals surface area contributed by atoms with Gasteiger partial charge in [0, 0.05) is 12.2 Å². The normalized spacial score (nSPS) is 14.2. The highest BCUT2D eigenvalue weighted by atomic mass is 32.1. The third-order valence-electron chi connectivity index (χ3n) is 3.85. The molecule has 4 atom stereocenters. The van der Waals surface area contributed by atoms with E-state index in [1.165, 1.54) is 0 Å². The fraction of sp³-hybridized carbons (Fsp3) is 0.562. The summed E-state index contributed by atoms with van der Waals surface area (Å²) in [6.07, 6.45) is -2.41. The van der Waals surface area contributed by atoms with Crippen molar-refractivity contribution in [2.24, 2.45) is 11.5 Å². The van der Waals surface area contributed by atoms with Gasteiger partial charge in [0.2, 0.25) is 23.6 Å². The minimum Gasteiger partial charge on any atom is -0.481 e. The lowest BCUT2D eigenvalue weighted by Gasteiger charge is -2.23. The minimum absolute atomic E-state index is 0.324. The Bertz CT molecular complexity index is 761. The fourth-order valence-corrected chi connectivity index (χ4v) is 2.48. The first-order valence-electron chi connectivity index (χ1n) is 9.00. The molecule has 0 aliphatic rings. The van der Waals surface area contributed by atoms with Crippen molar-refractivity contribution >= 4 is 54.2 Å². The van der Waals surface area contributed by atoms with Crippen molar-refractivity contribution in [2.45, 2.75) is 49.9 Å². The molecular weight excluding hydrogens is 454 g/mol. The third kappa shape index (κ3) is 11.1. The SMILES string of the molecule is NC(=O)CCC(NC(=O)C(CC(=O)O)NC(=O)C(CS)NC(=O)C(N)CC(=O)O)C(=O)O. The van der Waals surface area contributed by atoms with Crippen LogP contribution in [0.2, 0.25) is 0 Å². The monoisotopic (exact) mass is 479 g/mol. The summed E-state index contributed by atoms with van der Waals surface area (Å²) < 4.78 is 0. The average Bonchev–Trinajstić information content (AvgIpc) is 2.66. The predicted octanol–water partition coefficient (Wildman–Crippen LogP) is -4.00. The Morgan fingerprint density at radius 3 is 1.66 bits per heavy atom. The molecule has 32 heavy (non-hydrogen) atoms. The number of rotatable bonds is 15. The fourth-order valence-electron chi connectivity index (χ4n) is 2.23. The molecule has 0 aliphatic carbocycles. The lowest BCUT2D eigenvalue weighted by Crippen LogP contribution is -2.58. The lowest BCUT2D eigenvalue weighted by atomic mass is 10.1. The number of carboxylic acids is 3. The van der Waals surface area contributed by atoms with Crippen molar-refractivity contribution in [3.63, 3.8) is 0 Å². The van der Waals surface area contributed by atoms with Crippen LogP contribution in [0.5, 0.6) is 0 Å². The van der Waals surface area contributed by atoms with Crippen LogP contribution in [0.3, 0.4) is 0 Å². The van der Waals surface area contributed by atoms with Crippen LogP contribution in [-0.2, 0) is 33.6 Å². The van der Waals surface area contributed by atoms with Crippen molar-refractivity contribution in [1.82, 2.24) is 16.0 Å². The van der Waals surface area contributed by atoms with Crippen LogP contribution in [0.4, 0.5) is 0 Å². The van der Waals surface area contributed by atoms with Crippen LogP contribution in [0.25, 0.3) is 0 Å². The van der Waals surface area contributed by atoms with Gasteiger partial charge in [-0.15, -0.1) is 0 Å². The van der Waals surface area contributed by atoms with Crippen LogP contribution >= 0.6 is 12.6 Å². The molecule has 0 spiro atoms. The van der Waals surface area contributed by atoms with Crippen molar-refractivity contribution < 1.29 is 48.9 Å². The largest absolute Gasteiger partial charge is 0.481 e. The number of nitrogens with one attached hydrogen (secondary N) is 3. The number of hydrogen-bond donors (Lipinski definition) is 9. The minimum atomic E-state index is -1.75. The summed E-state index contributed by atoms with van der Waals surface area (Å²) in [5, 5.41) is 33.0.